The van der Waals surface area contributed by atoms with Crippen molar-refractivity contribution in [3.63, 3.8) is 0 Å². The van der Waals surface area contributed by atoms with Gasteiger partial charge in [0.05, 0.1) is 6.10 Å². The van der Waals surface area contributed by atoms with Gasteiger partial charge in [-0.1, -0.05) is 23.9 Å². The standard InChI is InChI=1S/C18H24N4OS/c1-12-9-13(2)21-18(20-12)24-11-16-10-19-17(23-16)14-5-7-15(8-6-14)22(3)4/h5-9,16-17,19H,10-11H2,1-4H3/t16-,17-/m0/s1. The van der Waals surface area contributed by atoms with Crippen LogP contribution in [0.1, 0.15) is 23.2 Å². The SMILES string of the molecule is Cc1cc(C)nc(SC[C@@H]2CN[C@H](c3ccc(N(C)C)cc3)O2)n1. The average Bonchev–Trinajstić information content (AvgIpc) is 3.01. The van der Waals surface area contributed by atoms with Crippen molar-refractivity contribution in [2.24, 2.45) is 0 Å². The van der Waals surface area contributed by atoms with Gasteiger partial charge in [0.1, 0.15) is 6.23 Å². The van der Waals surface area contributed by atoms with Crippen LogP contribution in [0, 0.1) is 13.8 Å². The van der Waals surface area contributed by atoms with Gasteiger partial charge in [-0.25, -0.2) is 9.97 Å². The Labute approximate surface area is 147 Å². The summed E-state index contributed by atoms with van der Waals surface area (Å²) < 4.78 is 6.13. The summed E-state index contributed by atoms with van der Waals surface area (Å²) in [6.07, 6.45) is 0.130. The molecule has 0 radical (unpaired) electrons. The molecule has 128 valence electrons. The van der Waals surface area contributed by atoms with Crippen molar-refractivity contribution in [1.29, 1.82) is 0 Å². The normalized spacial score (nSPS) is 20.3. The lowest BCUT2D eigenvalue weighted by Crippen LogP contribution is -2.17. The zero-order chi connectivity index (χ0) is 17.1. The van der Waals surface area contributed by atoms with Crippen LogP contribution in [0.5, 0.6) is 0 Å². The van der Waals surface area contributed by atoms with Gasteiger partial charge in [-0.3, -0.25) is 5.32 Å². The van der Waals surface area contributed by atoms with Crippen LogP contribution >= 0.6 is 11.8 Å². The maximum absolute atomic E-state index is 6.13. The van der Waals surface area contributed by atoms with E-state index in [4.69, 9.17) is 4.74 Å². The van der Waals surface area contributed by atoms with Crippen molar-refractivity contribution in [3.8, 4) is 0 Å². The van der Waals surface area contributed by atoms with E-state index in [0.717, 1.165) is 34.4 Å². The fourth-order valence-electron chi connectivity index (χ4n) is 2.69. The second-order valence-electron chi connectivity index (χ2n) is 6.28. The molecule has 1 N–H and O–H groups in total. The Kier molecular flexibility index (Phi) is 5.38. The molecule has 0 saturated carbocycles. The number of aryl methyl sites for hydroxylation is 2. The molecule has 2 aromatic rings. The van der Waals surface area contributed by atoms with Crippen LogP contribution in [-0.2, 0) is 4.74 Å². The fourth-order valence-corrected chi connectivity index (χ4v) is 3.64. The molecule has 0 amide bonds. The van der Waals surface area contributed by atoms with Crippen molar-refractivity contribution in [3.05, 3.63) is 47.3 Å². The van der Waals surface area contributed by atoms with Crippen molar-refractivity contribution in [2.75, 3.05) is 31.3 Å². The maximum Gasteiger partial charge on any atom is 0.188 e. The maximum atomic E-state index is 6.13. The van der Waals surface area contributed by atoms with Gasteiger partial charge >= 0.3 is 0 Å². The molecule has 0 spiro atoms. The van der Waals surface area contributed by atoms with E-state index in [1.165, 1.54) is 5.69 Å². The van der Waals surface area contributed by atoms with Crippen LogP contribution in [0.15, 0.2) is 35.5 Å². The van der Waals surface area contributed by atoms with Crippen molar-refractivity contribution >= 4 is 17.4 Å². The minimum atomic E-state index is -0.0352. The lowest BCUT2D eigenvalue weighted by atomic mass is 10.2. The first-order chi connectivity index (χ1) is 11.5. The Hall–Kier alpha value is -1.63. The van der Waals surface area contributed by atoms with Crippen LogP contribution in [0.2, 0.25) is 0 Å². The summed E-state index contributed by atoms with van der Waals surface area (Å²) >= 11 is 1.66. The molecule has 1 aliphatic rings. The molecule has 24 heavy (non-hydrogen) atoms. The van der Waals surface area contributed by atoms with Crippen molar-refractivity contribution in [2.45, 2.75) is 31.3 Å². The summed E-state index contributed by atoms with van der Waals surface area (Å²) in [5.74, 6) is 0.849. The predicted molar refractivity (Wildman–Crippen MR) is 98.6 cm³/mol. The summed E-state index contributed by atoms with van der Waals surface area (Å²) in [5.41, 5.74) is 4.37. The molecule has 0 bridgehead atoms. The topological polar surface area (TPSA) is 50.3 Å². The minimum Gasteiger partial charge on any atom is -0.378 e. The summed E-state index contributed by atoms with van der Waals surface area (Å²) in [6.45, 7) is 4.84. The summed E-state index contributed by atoms with van der Waals surface area (Å²) in [6, 6.07) is 10.5. The lowest BCUT2D eigenvalue weighted by molar-refractivity contribution is 0.0534. The molecule has 2 atom stereocenters. The molecule has 0 unspecified atom stereocenters. The van der Waals surface area contributed by atoms with Crippen LogP contribution < -0.4 is 10.2 Å². The average molecular weight is 344 g/mol. The van der Waals surface area contributed by atoms with Gasteiger partial charge in [0.2, 0.25) is 0 Å². The van der Waals surface area contributed by atoms with Crippen LogP contribution in [0.25, 0.3) is 0 Å². The van der Waals surface area contributed by atoms with E-state index in [2.05, 4.69) is 44.5 Å². The van der Waals surface area contributed by atoms with Crippen LogP contribution in [0.4, 0.5) is 5.69 Å². The Balaban J connectivity index is 1.55. The van der Waals surface area contributed by atoms with E-state index in [1.54, 1.807) is 11.8 Å². The van der Waals surface area contributed by atoms with Crippen LogP contribution in [0.3, 0.4) is 0 Å². The van der Waals surface area contributed by atoms with E-state index in [-0.39, 0.29) is 12.3 Å². The molecular formula is C18H24N4OS. The molecule has 5 nitrogen and oxygen atoms in total. The smallest absolute Gasteiger partial charge is 0.188 e. The molecule has 1 aromatic carbocycles. The van der Waals surface area contributed by atoms with Gasteiger partial charge in [-0.2, -0.15) is 0 Å². The molecule has 1 aromatic heterocycles. The number of nitrogens with zero attached hydrogens (tertiary/aromatic N) is 3. The first kappa shape index (κ1) is 17.2. The number of nitrogens with one attached hydrogen (secondary N) is 1. The second-order valence-corrected chi connectivity index (χ2v) is 7.26. The fraction of sp³-hybridized carbons (Fsp3) is 0.444. The summed E-state index contributed by atoms with van der Waals surface area (Å²) in [4.78, 5) is 11.0. The van der Waals surface area contributed by atoms with Crippen molar-refractivity contribution < 1.29 is 4.74 Å². The van der Waals surface area contributed by atoms with Gasteiger partial charge in [0.15, 0.2) is 5.16 Å². The number of benzene rings is 1. The second kappa shape index (κ2) is 7.51. The number of rotatable bonds is 5. The Morgan fingerprint density at radius 3 is 2.46 bits per heavy atom. The van der Waals surface area contributed by atoms with E-state index in [9.17, 15) is 0 Å². The number of anilines is 1. The van der Waals surface area contributed by atoms with Gasteiger partial charge in [-0.15, -0.1) is 0 Å². The summed E-state index contributed by atoms with van der Waals surface area (Å²) in [5, 5.41) is 4.27. The largest absolute Gasteiger partial charge is 0.378 e. The molecule has 1 aliphatic heterocycles. The highest BCUT2D eigenvalue weighted by Crippen LogP contribution is 2.26. The van der Waals surface area contributed by atoms with Gasteiger partial charge in [-0.05, 0) is 37.6 Å². The molecule has 3 rings (SSSR count). The van der Waals surface area contributed by atoms with E-state index in [0.29, 0.717) is 0 Å². The Morgan fingerprint density at radius 1 is 1.17 bits per heavy atom. The lowest BCUT2D eigenvalue weighted by Gasteiger charge is -2.16. The highest BCUT2D eigenvalue weighted by atomic mass is 32.2. The zero-order valence-electron chi connectivity index (χ0n) is 14.6. The molecule has 1 fully saturated rings. The third-order valence-electron chi connectivity index (χ3n) is 3.93. The monoisotopic (exact) mass is 344 g/mol. The van der Waals surface area contributed by atoms with E-state index >= 15 is 0 Å². The summed E-state index contributed by atoms with van der Waals surface area (Å²) in [7, 11) is 4.09. The minimum absolute atomic E-state index is 0.0352. The molecule has 0 aliphatic carbocycles. The Bertz CT molecular complexity index is 670. The third-order valence-corrected chi connectivity index (χ3v) is 4.91. The first-order valence-electron chi connectivity index (χ1n) is 8.12. The van der Waals surface area contributed by atoms with Crippen LogP contribution in [-0.4, -0.2) is 42.5 Å². The van der Waals surface area contributed by atoms with Gasteiger partial charge in [0.25, 0.3) is 0 Å². The number of hydrogen-bond acceptors (Lipinski definition) is 6. The number of aromatic nitrogens is 2. The molecular weight excluding hydrogens is 320 g/mol. The Morgan fingerprint density at radius 2 is 1.83 bits per heavy atom. The quantitative estimate of drug-likeness (QED) is 0.665. The van der Waals surface area contributed by atoms with Gasteiger partial charge in [0, 0.05) is 43.5 Å². The number of ether oxygens (including phenoxy) is 1. The van der Waals surface area contributed by atoms with E-state index in [1.807, 2.05) is 34.0 Å². The first-order valence-corrected chi connectivity index (χ1v) is 9.11. The third kappa shape index (κ3) is 4.26. The highest BCUT2D eigenvalue weighted by Gasteiger charge is 2.26. The molecule has 1 saturated heterocycles. The molecule has 6 heteroatoms. The highest BCUT2D eigenvalue weighted by molar-refractivity contribution is 7.99. The number of thioether (sulfide) groups is 1. The van der Waals surface area contributed by atoms with E-state index < -0.39 is 0 Å². The zero-order valence-corrected chi connectivity index (χ0v) is 15.4. The van der Waals surface area contributed by atoms with Crippen molar-refractivity contribution in [1.82, 2.24) is 15.3 Å². The van der Waals surface area contributed by atoms with Gasteiger partial charge < -0.3 is 9.64 Å². The molecule has 2 heterocycles. The predicted octanol–water partition coefficient (Wildman–Crippen LogP) is 2.94. The number of hydrogen-bond donors (Lipinski definition) is 1.